The van der Waals surface area contributed by atoms with Crippen LogP contribution in [0.25, 0.3) is 11.6 Å². The van der Waals surface area contributed by atoms with Crippen LogP contribution in [0.5, 0.6) is 0 Å². The number of nitriles is 1. The number of furan rings is 1. The Kier molecular flexibility index (Phi) is 2.48. The van der Waals surface area contributed by atoms with E-state index in [4.69, 9.17) is 21.3 Å². The zero-order valence-electron chi connectivity index (χ0n) is 8.07. The van der Waals surface area contributed by atoms with Gasteiger partial charge in [-0.05, 0) is 12.1 Å². The van der Waals surface area contributed by atoms with Gasteiger partial charge >= 0.3 is 0 Å². The predicted molar refractivity (Wildman–Crippen MR) is 55.2 cm³/mol. The Hall–Kier alpha value is -1.73. The molecule has 76 valence electrons. The topological polar surface area (TPSA) is 54.8 Å². The van der Waals surface area contributed by atoms with Crippen LogP contribution in [0, 0.1) is 11.3 Å². The van der Waals surface area contributed by atoms with Crippen molar-refractivity contribution < 1.29 is 4.42 Å². The summed E-state index contributed by atoms with van der Waals surface area (Å²) in [4.78, 5) is 4.15. The molecule has 0 amide bonds. The van der Waals surface area contributed by atoms with Crippen molar-refractivity contribution in [2.75, 3.05) is 0 Å². The van der Waals surface area contributed by atoms with E-state index in [0.29, 0.717) is 22.4 Å². The highest BCUT2D eigenvalue weighted by Gasteiger charge is 2.15. The summed E-state index contributed by atoms with van der Waals surface area (Å²) in [7, 11) is 1.81. The molecule has 0 spiro atoms. The zero-order valence-corrected chi connectivity index (χ0v) is 8.82. The normalized spacial score (nSPS) is 10.2. The Labute approximate surface area is 91.7 Å². The third kappa shape index (κ3) is 1.62. The number of nitrogens with zero attached hydrogens (tertiary/aromatic N) is 3. The van der Waals surface area contributed by atoms with Gasteiger partial charge in [0, 0.05) is 7.05 Å². The lowest BCUT2D eigenvalue weighted by atomic mass is 10.3. The van der Waals surface area contributed by atoms with Crippen molar-refractivity contribution in [3.05, 3.63) is 29.2 Å². The van der Waals surface area contributed by atoms with E-state index in [2.05, 4.69) is 4.98 Å². The fourth-order valence-corrected chi connectivity index (χ4v) is 1.66. The predicted octanol–water partition coefficient (Wildman–Crippen LogP) is 2.40. The first-order valence-electron chi connectivity index (χ1n) is 4.36. The molecule has 0 aromatic carbocycles. The zero-order chi connectivity index (χ0) is 10.8. The Balaban J connectivity index is 2.52. The number of aromatic nitrogens is 2. The van der Waals surface area contributed by atoms with Gasteiger partial charge in [-0.1, -0.05) is 11.6 Å². The molecule has 15 heavy (non-hydrogen) atoms. The van der Waals surface area contributed by atoms with Crippen molar-refractivity contribution in [2.45, 2.75) is 6.42 Å². The summed E-state index contributed by atoms with van der Waals surface area (Å²) in [6.45, 7) is 0. The van der Waals surface area contributed by atoms with Crippen LogP contribution < -0.4 is 0 Å². The van der Waals surface area contributed by atoms with Crippen LogP contribution >= 0.6 is 11.6 Å². The van der Waals surface area contributed by atoms with Crippen LogP contribution in [0.1, 0.15) is 5.69 Å². The van der Waals surface area contributed by atoms with Crippen molar-refractivity contribution in [3.63, 3.8) is 0 Å². The maximum Gasteiger partial charge on any atom is 0.177 e. The van der Waals surface area contributed by atoms with E-state index >= 15 is 0 Å². The molecule has 0 bridgehead atoms. The Morgan fingerprint density at radius 2 is 2.47 bits per heavy atom. The summed E-state index contributed by atoms with van der Waals surface area (Å²) < 4.78 is 6.99. The molecular weight excluding hydrogens is 214 g/mol. The minimum atomic E-state index is 0.239. The van der Waals surface area contributed by atoms with Gasteiger partial charge in [-0.25, -0.2) is 4.98 Å². The first-order valence-corrected chi connectivity index (χ1v) is 4.73. The molecule has 2 rings (SSSR count). The molecule has 0 fully saturated rings. The summed E-state index contributed by atoms with van der Waals surface area (Å²) >= 11 is 5.92. The monoisotopic (exact) mass is 221 g/mol. The van der Waals surface area contributed by atoms with Crippen LogP contribution in [-0.2, 0) is 13.5 Å². The minimum absolute atomic E-state index is 0.239. The van der Waals surface area contributed by atoms with Gasteiger partial charge in [0.15, 0.2) is 16.7 Å². The van der Waals surface area contributed by atoms with E-state index in [0.717, 1.165) is 0 Å². The minimum Gasteiger partial charge on any atom is -0.461 e. The molecule has 2 heterocycles. The van der Waals surface area contributed by atoms with Crippen LogP contribution in [0.3, 0.4) is 0 Å². The second-order valence-corrected chi connectivity index (χ2v) is 3.40. The molecule has 0 aliphatic rings. The first kappa shape index (κ1) is 9.81. The van der Waals surface area contributed by atoms with E-state index < -0.39 is 0 Å². The highest BCUT2D eigenvalue weighted by atomic mass is 35.5. The fraction of sp³-hybridized carbons (Fsp3) is 0.200. The maximum atomic E-state index is 8.64. The molecule has 4 nitrogen and oxygen atoms in total. The molecule has 0 saturated carbocycles. The van der Waals surface area contributed by atoms with Gasteiger partial charge < -0.3 is 8.98 Å². The average molecular weight is 222 g/mol. The number of imidazole rings is 1. The lowest BCUT2D eigenvalue weighted by Crippen LogP contribution is -1.97. The Bertz CT molecular complexity index is 508. The van der Waals surface area contributed by atoms with Crippen LogP contribution in [-0.4, -0.2) is 9.55 Å². The third-order valence-corrected chi connectivity index (χ3v) is 2.46. The molecule has 0 unspecified atom stereocenters. The number of hydrogen-bond donors (Lipinski definition) is 0. The molecule has 0 N–H and O–H groups in total. The van der Waals surface area contributed by atoms with Crippen molar-refractivity contribution in [1.82, 2.24) is 9.55 Å². The van der Waals surface area contributed by atoms with E-state index in [9.17, 15) is 0 Å². The second-order valence-electron chi connectivity index (χ2n) is 3.04. The maximum absolute atomic E-state index is 8.64. The molecule has 2 aromatic heterocycles. The number of hydrogen-bond acceptors (Lipinski definition) is 3. The molecular formula is C10H8ClN3O. The standard InChI is InChI=1S/C10H8ClN3O/c1-14-7(4-5-12)9(11)13-10(14)8-3-2-6-15-8/h2-3,6H,4H2,1H3. The van der Waals surface area contributed by atoms with Crippen molar-refractivity contribution in [2.24, 2.45) is 7.05 Å². The fourth-order valence-electron chi connectivity index (χ4n) is 1.39. The number of halogens is 1. The molecule has 0 aliphatic carbocycles. The van der Waals surface area contributed by atoms with Gasteiger partial charge in [0.2, 0.25) is 0 Å². The summed E-state index contributed by atoms with van der Waals surface area (Å²) in [6, 6.07) is 5.63. The highest BCUT2D eigenvalue weighted by molar-refractivity contribution is 6.30. The van der Waals surface area contributed by atoms with Gasteiger partial charge in [-0.2, -0.15) is 5.26 Å². The number of rotatable bonds is 2. The summed E-state index contributed by atoms with van der Waals surface area (Å²) in [5.41, 5.74) is 0.700. The summed E-state index contributed by atoms with van der Waals surface area (Å²) in [5.74, 6) is 1.28. The van der Waals surface area contributed by atoms with Gasteiger partial charge in [-0.3, -0.25) is 0 Å². The van der Waals surface area contributed by atoms with Gasteiger partial charge in [0.05, 0.1) is 24.4 Å². The quantitative estimate of drug-likeness (QED) is 0.783. The van der Waals surface area contributed by atoms with Crippen LogP contribution in [0.4, 0.5) is 0 Å². The lowest BCUT2D eigenvalue weighted by Gasteiger charge is -2.00. The van der Waals surface area contributed by atoms with E-state index in [-0.39, 0.29) is 6.42 Å². The largest absolute Gasteiger partial charge is 0.461 e. The van der Waals surface area contributed by atoms with Gasteiger partial charge in [0.1, 0.15) is 0 Å². The average Bonchev–Trinajstić information content (AvgIpc) is 2.81. The van der Waals surface area contributed by atoms with Crippen LogP contribution in [0.15, 0.2) is 22.8 Å². The summed E-state index contributed by atoms with van der Waals surface area (Å²) in [5, 5.41) is 8.99. The van der Waals surface area contributed by atoms with Crippen molar-refractivity contribution >= 4 is 11.6 Å². The van der Waals surface area contributed by atoms with E-state index in [1.807, 2.05) is 13.1 Å². The smallest absolute Gasteiger partial charge is 0.177 e. The first-order chi connectivity index (χ1) is 7.24. The third-order valence-electron chi connectivity index (χ3n) is 2.15. The van der Waals surface area contributed by atoms with Gasteiger partial charge in [0.25, 0.3) is 0 Å². The Morgan fingerprint density at radius 1 is 1.67 bits per heavy atom. The molecule has 0 aliphatic heterocycles. The van der Waals surface area contributed by atoms with E-state index in [1.54, 1.807) is 23.0 Å². The lowest BCUT2D eigenvalue weighted by molar-refractivity contribution is 0.573. The van der Waals surface area contributed by atoms with Crippen molar-refractivity contribution in [1.29, 1.82) is 5.26 Å². The molecule has 5 heteroatoms. The summed E-state index contributed by atoms with van der Waals surface area (Å²) in [6.07, 6.45) is 1.81. The SMILES string of the molecule is Cn1c(-c2ccco2)nc(Cl)c1CC#N. The van der Waals surface area contributed by atoms with Crippen molar-refractivity contribution in [3.8, 4) is 17.7 Å². The second kappa shape index (κ2) is 3.79. The molecule has 2 aromatic rings. The van der Waals surface area contributed by atoms with Gasteiger partial charge in [-0.15, -0.1) is 0 Å². The molecule has 0 radical (unpaired) electrons. The molecule has 0 atom stereocenters. The Morgan fingerprint density at radius 3 is 3.07 bits per heavy atom. The van der Waals surface area contributed by atoms with Crippen LogP contribution in [0.2, 0.25) is 5.15 Å². The van der Waals surface area contributed by atoms with E-state index in [1.165, 1.54) is 0 Å². The molecule has 0 saturated heterocycles. The highest BCUT2D eigenvalue weighted by Crippen LogP contribution is 2.24.